The van der Waals surface area contributed by atoms with Crippen LogP contribution in [-0.2, 0) is 15.8 Å². The van der Waals surface area contributed by atoms with Gasteiger partial charge in [0.05, 0.1) is 16.5 Å². The highest BCUT2D eigenvalue weighted by Gasteiger charge is 2.34. The minimum atomic E-state index is -4.65. The number of thioether (sulfide) groups is 1. The maximum atomic E-state index is 13.3. The topological polar surface area (TPSA) is 58.2 Å². The van der Waals surface area contributed by atoms with Gasteiger partial charge >= 0.3 is 6.18 Å². The lowest BCUT2D eigenvalue weighted by Crippen LogP contribution is -2.26. The maximum Gasteiger partial charge on any atom is 0.418 e. The third kappa shape index (κ3) is 7.14. The number of amides is 2. The van der Waals surface area contributed by atoms with E-state index in [2.05, 4.69) is 10.6 Å². The third-order valence-electron chi connectivity index (χ3n) is 5.56. The van der Waals surface area contributed by atoms with Gasteiger partial charge < -0.3 is 10.6 Å². The van der Waals surface area contributed by atoms with Crippen LogP contribution in [0.25, 0.3) is 0 Å². The zero-order valence-electron chi connectivity index (χ0n) is 18.2. The van der Waals surface area contributed by atoms with Gasteiger partial charge in [-0.15, -0.1) is 11.8 Å². The second-order valence-electron chi connectivity index (χ2n) is 8.04. The van der Waals surface area contributed by atoms with Gasteiger partial charge in [0.15, 0.2) is 0 Å². The van der Waals surface area contributed by atoms with Gasteiger partial charge in [0, 0.05) is 21.5 Å². The molecule has 9 heteroatoms. The molecule has 4 nitrogen and oxygen atoms in total. The highest BCUT2D eigenvalue weighted by molar-refractivity contribution is 8.00. The Kier molecular flexibility index (Phi) is 8.70. The van der Waals surface area contributed by atoms with Crippen molar-refractivity contribution in [3.05, 3.63) is 53.1 Å². The number of hydrogen-bond donors (Lipinski definition) is 2. The highest BCUT2D eigenvalue weighted by atomic mass is 35.5. The number of carbonyl (C=O) groups excluding carboxylic acids is 2. The van der Waals surface area contributed by atoms with E-state index in [4.69, 9.17) is 11.6 Å². The Morgan fingerprint density at radius 2 is 1.82 bits per heavy atom. The molecule has 178 valence electrons. The smallest absolute Gasteiger partial charge is 0.326 e. The molecule has 0 aromatic heterocycles. The molecular weight excluding hydrogens is 473 g/mol. The number of alkyl halides is 3. The van der Waals surface area contributed by atoms with Crippen LogP contribution in [0.4, 0.5) is 24.5 Å². The molecule has 1 fully saturated rings. The molecule has 1 aliphatic carbocycles. The molecule has 2 aromatic carbocycles. The zero-order valence-corrected chi connectivity index (χ0v) is 19.7. The first-order valence-electron chi connectivity index (χ1n) is 10.9. The summed E-state index contributed by atoms with van der Waals surface area (Å²) in [5.74, 6) is -0.512. The van der Waals surface area contributed by atoms with Gasteiger partial charge in [-0.1, -0.05) is 43.9 Å². The van der Waals surface area contributed by atoms with Crippen LogP contribution in [0.5, 0.6) is 0 Å². The third-order valence-corrected chi connectivity index (χ3v) is 7.16. The summed E-state index contributed by atoms with van der Waals surface area (Å²) >= 11 is 6.95. The van der Waals surface area contributed by atoms with Gasteiger partial charge in [-0.25, -0.2) is 0 Å². The van der Waals surface area contributed by atoms with Crippen LogP contribution in [0, 0.1) is 5.92 Å². The molecule has 0 aliphatic heterocycles. The number of rotatable bonds is 7. The van der Waals surface area contributed by atoms with Crippen LogP contribution in [-0.4, -0.2) is 17.1 Å². The second kappa shape index (κ2) is 11.3. The predicted molar refractivity (Wildman–Crippen MR) is 127 cm³/mol. The summed E-state index contributed by atoms with van der Waals surface area (Å²) in [6, 6.07) is 10.4. The average Bonchev–Trinajstić information content (AvgIpc) is 2.78. The van der Waals surface area contributed by atoms with E-state index in [9.17, 15) is 22.8 Å². The first-order valence-corrected chi connectivity index (χ1v) is 12.2. The molecule has 33 heavy (non-hydrogen) atoms. The van der Waals surface area contributed by atoms with E-state index in [1.54, 1.807) is 31.2 Å². The van der Waals surface area contributed by atoms with Crippen molar-refractivity contribution in [2.24, 2.45) is 5.92 Å². The highest BCUT2D eigenvalue weighted by Crippen LogP contribution is 2.37. The number of nitrogens with one attached hydrogen (secondary N) is 2. The Morgan fingerprint density at radius 1 is 1.09 bits per heavy atom. The molecule has 0 saturated heterocycles. The van der Waals surface area contributed by atoms with Gasteiger partial charge in [-0.2, -0.15) is 13.2 Å². The quantitative estimate of drug-likeness (QED) is 0.391. The van der Waals surface area contributed by atoms with Gasteiger partial charge in [0.25, 0.3) is 0 Å². The Hall–Kier alpha value is -2.19. The fourth-order valence-corrected chi connectivity index (χ4v) is 5.00. The average molecular weight is 499 g/mol. The summed E-state index contributed by atoms with van der Waals surface area (Å²) in [6.45, 7) is 1.79. The molecule has 0 bridgehead atoms. The fourth-order valence-electron chi connectivity index (χ4n) is 3.82. The summed E-state index contributed by atoms with van der Waals surface area (Å²) < 4.78 is 40.0. The SMILES string of the molecule is CCC(Sc1cccc(NC(=O)C2CCCCC2)c1)C(=O)Nc1ccc(Cl)cc1C(F)(F)F. The van der Waals surface area contributed by atoms with E-state index >= 15 is 0 Å². The standard InChI is InChI=1S/C24H26ClF3N2O2S/c1-2-21(23(32)30-20-12-11-16(25)13-19(20)24(26,27)28)33-18-10-6-9-17(14-18)29-22(31)15-7-4-3-5-8-15/h6,9-15,21H,2-5,7-8H2,1H3,(H,29,31)(H,30,32). The number of benzene rings is 2. The molecule has 2 amide bonds. The van der Waals surface area contributed by atoms with E-state index in [1.165, 1.54) is 17.8 Å². The van der Waals surface area contributed by atoms with Crippen molar-refractivity contribution in [1.29, 1.82) is 0 Å². The molecule has 1 saturated carbocycles. The van der Waals surface area contributed by atoms with Crippen molar-refractivity contribution in [2.75, 3.05) is 10.6 Å². The molecule has 0 heterocycles. The Morgan fingerprint density at radius 3 is 2.48 bits per heavy atom. The van der Waals surface area contributed by atoms with Crippen LogP contribution in [0.3, 0.4) is 0 Å². The van der Waals surface area contributed by atoms with Crippen LogP contribution in [0.1, 0.15) is 51.0 Å². The fraction of sp³-hybridized carbons (Fsp3) is 0.417. The van der Waals surface area contributed by atoms with Crippen molar-refractivity contribution in [3.8, 4) is 0 Å². The van der Waals surface area contributed by atoms with E-state index in [1.807, 2.05) is 0 Å². The normalized spacial score (nSPS) is 15.7. The summed E-state index contributed by atoms with van der Waals surface area (Å²) in [6.07, 6.45) is 0.829. The first kappa shape index (κ1) is 25.4. The van der Waals surface area contributed by atoms with Crippen LogP contribution in [0.2, 0.25) is 5.02 Å². The maximum absolute atomic E-state index is 13.3. The lowest BCUT2D eigenvalue weighted by molar-refractivity contribution is -0.137. The zero-order chi connectivity index (χ0) is 24.0. The molecule has 1 aliphatic rings. The molecule has 2 N–H and O–H groups in total. The van der Waals surface area contributed by atoms with Crippen molar-refractivity contribution in [1.82, 2.24) is 0 Å². The number of halogens is 4. The monoisotopic (exact) mass is 498 g/mol. The minimum absolute atomic E-state index is 0.00375. The van der Waals surface area contributed by atoms with Gasteiger partial charge in [0.2, 0.25) is 11.8 Å². The molecule has 1 unspecified atom stereocenters. The summed E-state index contributed by atoms with van der Waals surface area (Å²) in [4.78, 5) is 26.0. The molecule has 3 rings (SSSR count). The predicted octanol–water partition coefficient (Wildman–Crippen LogP) is 7.39. The largest absolute Gasteiger partial charge is 0.418 e. The van der Waals surface area contributed by atoms with E-state index in [0.717, 1.165) is 49.1 Å². The van der Waals surface area contributed by atoms with Gasteiger partial charge in [0.1, 0.15) is 0 Å². The first-order chi connectivity index (χ1) is 15.7. The number of hydrogen-bond acceptors (Lipinski definition) is 3. The Labute approximate surface area is 200 Å². The number of carbonyl (C=O) groups is 2. The van der Waals surface area contributed by atoms with Crippen molar-refractivity contribution in [2.45, 2.75) is 61.8 Å². The van der Waals surface area contributed by atoms with E-state index in [-0.39, 0.29) is 22.5 Å². The molecule has 2 aromatic rings. The molecule has 0 radical (unpaired) electrons. The minimum Gasteiger partial charge on any atom is -0.326 e. The van der Waals surface area contributed by atoms with Gasteiger partial charge in [-0.05, 0) is 55.7 Å². The second-order valence-corrected chi connectivity index (χ2v) is 9.76. The molecule has 0 spiro atoms. The van der Waals surface area contributed by atoms with E-state index in [0.29, 0.717) is 12.1 Å². The Balaban J connectivity index is 1.68. The van der Waals surface area contributed by atoms with Crippen LogP contribution in [0.15, 0.2) is 47.4 Å². The molecule has 1 atom stereocenters. The summed E-state index contributed by atoms with van der Waals surface area (Å²) in [5, 5.41) is 4.67. The van der Waals surface area contributed by atoms with Crippen LogP contribution < -0.4 is 10.6 Å². The summed E-state index contributed by atoms with van der Waals surface area (Å²) in [7, 11) is 0. The van der Waals surface area contributed by atoms with Crippen molar-refractivity contribution < 1.29 is 22.8 Å². The number of anilines is 2. The molecular formula is C24H26ClF3N2O2S. The van der Waals surface area contributed by atoms with Crippen molar-refractivity contribution in [3.63, 3.8) is 0 Å². The summed E-state index contributed by atoms with van der Waals surface area (Å²) in [5.41, 5.74) is -0.678. The van der Waals surface area contributed by atoms with Crippen LogP contribution >= 0.6 is 23.4 Å². The van der Waals surface area contributed by atoms with Crippen molar-refractivity contribution >= 4 is 46.6 Å². The van der Waals surface area contributed by atoms with Gasteiger partial charge in [-0.3, -0.25) is 9.59 Å². The lowest BCUT2D eigenvalue weighted by atomic mass is 9.88. The van der Waals surface area contributed by atoms with E-state index < -0.39 is 22.9 Å². The Bertz CT molecular complexity index is 994. The lowest BCUT2D eigenvalue weighted by Gasteiger charge is -2.21.